The third-order valence-electron chi connectivity index (χ3n) is 5.42. The Balaban J connectivity index is 1.70. The number of hydrogen-bond donors (Lipinski definition) is 1. The maximum absolute atomic E-state index is 13.1. The van der Waals surface area contributed by atoms with E-state index in [2.05, 4.69) is 21.2 Å². The summed E-state index contributed by atoms with van der Waals surface area (Å²) in [7, 11) is 0. The molecule has 1 heterocycles. The van der Waals surface area contributed by atoms with Crippen LogP contribution in [0, 0.1) is 11.3 Å². The van der Waals surface area contributed by atoms with Crippen LogP contribution in [0.2, 0.25) is 0 Å². The molecule has 0 aromatic heterocycles. The SMILES string of the molecule is CC(C)(C)C(=O)N1CCC(C(=O)NC(c2ccccc2)c2ccc(Br)cc2)CC1. The molecule has 1 aliphatic rings. The van der Waals surface area contributed by atoms with E-state index in [1.807, 2.05) is 80.3 Å². The van der Waals surface area contributed by atoms with Crippen molar-refractivity contribution in [1.82, 2.24) is 10.2 Å². The van der Waals surface area contributed by atoms with Gasteiger partial charge in [0.2, 0.25) is 11.8 Å². The zero-order valence-corrected chi connectivity index (χ0v) is 18.9. The molecule has 154 valence electrons. The van der Waals surface area contributed by atoms with Crippen LogP contribution in [0.15, 0.2) is 59.1 Å². The van der Waals surface area contributed by atoms with E-state index in [0.717, 1.165) is 15.6 Å². The predicted octanol–water partition coefficient (Wildman–Crippen LogP) is 4.94. The lowest BCUT2D eigenvalue weighted by Crippen LogP contribution is -2.47. The van der Waals surface area contributed by atoms with Crippen molar-refractivity contribution in [1.29, 1.82) is 0 Å². The number of carbonyl (C=O) groups excluding carboxylic acids is 2. The number of nitrogens with zero attached hydrogens (tertiary/aromatic N) is 1. The number of nitrogens with one attached hydrogen (secondary N) is 1. The number of hydrogen-bond acceptors (Lipinski definition) is 2. The molecule has 1 saturated heterocycles. The fourth-order valence-corrected chi connectivity index (χ4v) is 4.00. The highest BCUT2D eigenvalue weighted by Gasteiger charge is 2.33. The number of halogens is 1. The minimum absolute atomic E-state index is 0.0598. The highest BCUT2D eigenvalue weighted by molar-refractivity contribution is 9.10. The Kier molecular flexibility index (Phi) is 6.78. The van der Waals surface area contributed by atoms with Crippen LogP contribution in [0.3, 0.4) is 0 Å². The van der Waals surface area contributed by atoms with E-state index < -0.39 is 0 Å². The van der Waals surface area contributed by atoms with E-state index >= 15 is 0 Å². The van der Waals surface area contributed by atoms with E-state index in [9.17, 15) is 9.59 Å². The molecular weight excluding hydrogens is 428 g/mol. The summed E-state index contributed by atoms with van der Waals surface area (Å²) >= 11 is 3.48. The van der Waals surface area contributed by atoms with Crippen molar-refractivity contribution in [3.63, 3.8) is 0 Å². The molecule has 2 amide bonds. The van der Waals surface area contributed by atoms with Gasteiger partial charge in [-0.2, -0.15) is 0 Å². The van der Waals surface area contributed by atoms with E-state index in [0.29, 0.717) is 25.9 Å². The van der Waals surface area contributed by atoms with Crippen LogP contribution in [0.4, 0.5) is 0 Å². The monoisotopic (exact) mass is 456 g/mol. The summed E-state index contributed by atoms with van der Waals surface area (Å²) in [6.07, 6.45) is 1.41. The van der Waals surface area contributed by atoms with Crippen molar-refractivity contribution in [2.24, 2.45) is 11.3 Å². The average Bonchev–Trinajstić information content (AvgIpc) is 2.72. The normalized spacial score (nSPS) is 16.3. The lowest BCUT2D eigenvalue weighted by Gasteiger charge is -2.35. The summed E-state index contributed by atoms with van der Waals surface area (Å²) in [5, 5.41) is 3.26. The molecule has 0 saturated carbocycles. The van der Waals surface area contributed by atoms with Crippen LogP contribution < -0.4 is 5.32 Å². The van der Waals surface area contributed by atoms with Gasteiger partial charge in [0.25, 0.3) is 0 Å². The second kappa shape index (κ2) is 9.12. The molecule has 2 aromatic rings. The number of carbonyl (C=O) groups is 2. The third-order valence-corrected chi connectivity index (χ3v) is 5.95. The smallest absolute Gasteiger partial charge is 0.227 e. The van der Waals surface area contributed by atoms with Gasteiger partial charge in [0.1, 0.15) is 0 Å². The maximum atomic E-state index is 13.1. The summed E-state index contributed by atoms with van der Waals surface area (Å²) in [4.78, 5) is 27.5. The number of rotatable bonds is 4. The molecule has 3 rings (SSSR count). The lowest BCUT2D eigenvalue weighted by molar-refractivity contribution is -0.142. The van der Waals surface area contributed by atoms with Crippen LogP contribution in [0.25, 0.3) is 0 Å². The number of likely N-dealkylation sites (tertiary alicyclic amines) is 1. The minimum Gasteiger partial charge on any atom is -0.345 e. The fourth-order valence-electron chi connectivity index (χ4n) is 3.74. The Morgan fingerprint density at radius 3 is 2.07 bits per heavy atom. The Labute approximate surface area is 181 Å². The predicted molar refractivity (Wildman–Crippen MR) is 119 cm³/mol. The number of piperidine rings is 1. The number of benzene rings is 2. The first-order valence-electron chi connectivity index (χ1n) is 10.2. The molecule has 1 aliphatic heterocycles. The molecule has 2 aromatic carbocycles. The van der Waals surface area contributed by atoms with Crippen LogP contribution in [0.5, 0.6) is 0 Å². The molecule has 0 aliphatic carbocycles. The number of amides is 2. The maximum Gasteiger partial charge on any atom is 0.227 e. The highest BCUT2D eigenvalue weighted by Crippen LogP contribution is 2.27. The van der Waals surface area contributed by atoms with E-state index in [1.54, 1.807) is 0 Å². The van der Waals surface area contributed by atoms with Gasteiger partial charge in [-0.15, -0.1) is 0 Å². The Morgan fingerprint density at radius 2 is 1.52 bits per heavy atom. The van der Waals surface area contributed by atoms with Gasteiger partial charge in [-0.25, -0.2) is 0 Å². The fraction of sp³-hybridized carbons (Fsp3) is 0.417. The van der Waals surface area contributed by atoms with Gasteiger partial charge in [0.15, 0.2) is 0 Å². The lowest BCUT2D eigenvalue weighted by atomic mass is 9.90. The van der Waals surface area contributed by atoms with Gasteiger partial charge in [0, 0.05) is 28.9 Å². The summed E-state index contributed by atoms with van der Waals surface area (Å²) in [6.45, 7) is 7.11. The van der Waals surface area contributed by atoms with Crippen molar-refractivity contribution in [3.05, 3.63) is 70.2 Å². The topological polar surface area (TPSA) is 49.4 Å². The molecule has 4 nitrogen and oxygen atoms in total. The second-order valence-electron chi connectivity index (χ2n) is 8.72. The molecule has 0 spiro atoms. The summed E-state index contributed by atoms with van der Waals surface area (Å²) in [5.41, 5.74) is 1.73. The Bertz CT molecular complexity index is 835. The molecule has 0 bridgehead atoms. The molecule has 1 N–H and O–H groups in total. The second-order valence-corrected chi connectivity index (χ2v) is 9.64. The largest absolute Gasteiger partial charge is 0.345 e. The molecular formula is C24H29BrN2O2. The molecule has 1 fully saturated rings. The van der Waals surface area contributed by atoms with E-state index in [-0.39, 0.29) is 29.2 Å². The molecule has 0 radical (unpaired) electrons. The van der Waals surface area contributed by atoms with Crippen molar-refractivity contribution in [2.75, 3.05) is 13.1 Å². The van der Waals surface area contributed by atoms with Crippen molar-refractivity contribution in [2.45, 2.75) is 39.7 Å². The van der Waals surface area contributed by atoms with Crippen LogP contribution in [0.1, 0.15) is 50.8 Å². The molecule has 5 heteroatoms. The Hall–Kier alpha value is -2.14. The van der Waals surface area contributed by atoms with Crippen LogP contribution in [-0.4, -0.2) is 29.8 Å². The van der Waals surface area contributed by atoms with Gasteiger partial charge in [-0.05, 0) is 36.1 Å². The summed E-state index contributed by atoms with van der Waals surface area (Å²) in [5.74, 6) is 0.152. The van der Waals surface area contributed by atoms with Crippen molar-refractivity contribution in [3.8, 4) is 0 Å². The van der Waals surface area contributed by atoms with Gasteiger partial charge in [-0.1, -0.05) is 79.2 Å². The van der Waals surface area contributed by atoms with Crippen molar-refractivity contribution < 1.29 is 9.59 Å². The van der Waals surface area contributed by atoms with Gasteiger partial charge in [-0.3, -0.25) is 9.59 Å². The molecule has 1 atom stereocenters. The first-order chi connectivity index (χ1) is 13.8. The summed E-state index contributed by atoms with van der Waals surface area (Å²) < 4.78 is 1.01. The zero-order chi connectivity index (χ0) is 21.0. The van der Waals surface area contributed by atoms with Crippen molar-refractivity contribution >= 4 is 27.7 Å². The quantitative estimate of drug-likeness (QED) is 0.707. The Morgan fingerprint density at radius 1 is 0.966 bits per heavy atom. The first kappa shape index (κ1) is 21.6. The van der Waals surface area contributed by atoms with Gasteiger partial charge in [0.05, 0.1) is 6.04 Å². The minimum atomic E-state index is -0.380. The van der Waals surface area contributed by atoms with Crippen LogP contribution >= 0.6 is 15.9 Å². The standard InChI is InChI=1S/C24H29BrN2O2/c1-24(2,3)23(29)27-15-13-19(14-16-27)22(28)26-21(17-7-5-4-6-8-17)18-9-11-20(25)12-10-18/h4-12,19,21H,13-16H2,1-3H3,(H,26,28). The summed E-state index contributed by atoms with van der Waals surface area (Å²) in [6, 6.07) is 17.9. The third kappa shape index (κ3) is 5.47. The molecule has 29 heavy (non-hydrogen) atoms. The van der Waals surface area contributed by atoms with Gasteiger partial charge >= 0.3 is 0 Å². The van der Waals surface area contributed by atoms with Gasteiger partial charge < -0.3 is 10.2 Å². The highest BCUT2D eigenvalue weighted by atomic mass is 79.9. The average molecular weight is 457 g/mol. The molecule has 1 unspecified atom stereocenters. The first-order valence-corrected chi connectivity index (χ1v) is 10.9. The van der Waals surface area contributed by atoms with Crippen LogP contribution in [-0.2, 0) is 9.59 Å². The van der Waals surface area contributed by atoms with E-state index in [4.69, 9.17) is 0 Å². The van der Waals surface area contributed by atoms with E-state index in [1.165, 1.54) is 0 Å². The zero-order valence-electron chi connectivity index (χ0n) is 17.3.